The largest absolute Gasteiger partial charge is 0.457 e. The van der Waals surface area contributed by atoms with Gasteiger partial charge in [-0.25, -0.2) is 0 Å². The molecule has 0 bridgehead atoms. The van der Waals surface area contributed by atoms with E-state index in [0.29, 0.717) is 17.2 Å². The standard InChI is InChI=1S/C19H22N2O2.ClH/c1-14-13-20-12-11-17(14)21-19(22)16-9-5-6-10-18(16)23-15-7-3-2-4-8-15;/h2-10,14,17,20H,11-13H2,1H3,(H,21,22);1H. The van der Waals surface area contributed by atoms with Crippen LogP contribution in [0.15, 0.2) is 54.6 Å². The maximum absolute atomic E-state index is 12.7. The van der Waals surface area contributed by atoms with Gasteiger partial charge < -0.3 is 15.4 Å². The summed E-state index contributed by atoms with van der Waals surface area (Å²) < 4.78 is 5.87. The molecule has 1 amide bonds. The number of nitrogens with one attached hydrogen (secondary N) is 2. The van der Waals surface area contributed by atoms with E-state index >= 15 is 0 Å². The van der Waals surface area contributed by atoms with Crippen LogP contribution in [0.3, 0.4) is 0 Å². The van der Waals surface area contributed by atoms with Crippen molar-refractivity contribution in [2.24, 2.45) is 5.92 Å². The van der Waals surface area contributed by atoms with Crippen LogP contribution < -0.4 is 15.4 Å². The normalized spacial score (nSPS) is 19.9. The number of para-hydroxylation sites is 2. The van der Waals surface area contributed by atoms with Crippen LogP contribution >= 0.6 is 12.4 Å². The Morgan fingerprint density at radius 3 is 2.58 bits per heavy atom. The summed E-state index contributed by atoms with van der Waals surface area (Å²) >= 11 is 0. The number of carbonyl (C=O) groups is 1. The summed E-state index contributed by atoms with van der Waals surface area (Å²) in [6.07, 6.45) is 0.953. The third kappa shape index (κ3) is 4.49. The first-order chi connectivity index (χ1) is 11.2. The zero-order valence-corrected chi connectivity index (χ0v) is 14.5. The molecule has 2 aromatic rings. The van der Waals surface area contributed by atoms with Gasteiger partial charge in [-0.2, -0.15) is 0 Å². The molecule has 128 valence electrons. The van der Waals surface area contributed by atoms with E-state index in [2.05, 4.69) is 17.6 Å². The molecule has 1 heterocycles. The predicted octanol–water partition coefficient (Wildman–Crippen LogP) is 3.63. The molecule has 1 fully saturated rings. The van der Waals surface area contributed by atoms with Gasteiger partial charge in [-0.15, -0.1) is 12.4 Å². The second-order valence-corrected chi connectivity index (χ2v) is 5.96. The zero-order valence-electron chi connectivity index (χ0n) is 13.7. The zero-order chi connectivity index (χ0) is 16.1. The van der Waals surface area contributed by atoms with E-state index in [1.165, 1.54) is 0 Å². The Morgan fingerprint density at radius 1 is 1.12 bits per heavy atom. The third-order valence-corrected chi connectivity index (χ3v) is 4.20. The van der Waals surface area contributed by atoms with Gasteiger partial charge in [0.2, 0.25) is 0 Å². The van der Waals surface area contributed by atoms with Crippen LogP contribution in [0.1, 0.15) is 23.7 Å². The maximum atomic E-state index is 12.7. The molecule has 0 aromatic heterocycles. The van der Waals surface area contributed by atoms with Gasteiger partial charge in [-0.05, 0) is 49.7 Å². The summed E-state index contributed by atoms with van der Waals surface area (Å²) in [5.74, 6) is 1.66. The van der Waals surface area contributed by atoms with E-state index in [1.54, 1.807) is 6.07 Å². The molecule has 0 saturated carbocycles. The number of amides is 1. The summed E-state index contributed by atoms with van der Waals surface area (Å²) in [7, 11) is 0. The first-order valence-electron chi connectivity index (χ1n) is 8.07. The van der Waals surface area contributed by atoms with Crippen molar-refractivity contribution in [1.29, 1.82) is 0 Å². The number of hydrogen-bond acceptors (Lipinski definition) is 3. The molecular weight excluding hydrogens is 324 g/mol. The Morgan fingerprint density at radius 2 is 1.83 bits per heavy atom. The van der Waals surface area contributed by atoms with Gasteiger partial charge in [0.05, 0.1) is 5.56 Å². The second-order valence-electron chi connectivity index (χ2n) is 5.96. The fraction of sp³-hybridized carbons (Fsp3) is 0.316. The molecule has 1 aliphatic heterocycles. The van der Waals surface area contributed by atoms with Crippen molar-refractivity contribution in [2.45, 2.75) is 19.4 Å². The minimum Gasteiger partial charge on any atom is -0.457 e. The molecule has 2 aromatic carbocycles. The second kappa shape index (κ2) is 8.71. The average molecular weight is 347 g/mol. The molecule has 24 heavy (non-hydrogen) atoms. The van der Waals surface area contributed by atoms with E-state index in [0.717, 1.165) is 25.3 Å². The van der Waals surface area contributed by atoms with Crippen LogP contribution in [0.4, 0.5) is 0 Å². The van der Waals surface area contributed by atoms with E-state index in [4.69, 9.17) is 4.74 Å². The van der Waals surface area contributed by atoms with E-state index < -0.39 is 0 Å². The molecule has 1 saturated heterocycles. The smallest absolute Gasteiger partial charge is 0.255 e. The van der Waals surface area contributed by atoms with Crippen molar-refractivity contribution in [1.82, 2.24) is 10.6 Å². The molecule has 2 atom stereocenters. The number of benzene rings is 2. The summed E-state index contributed by atoms with van der Waals surface area (Å²) in [5, 5.41) is 6.50. The molecule has 5 heteroatoms. The Kier molecular flexibility index (Phi) is 6.64. The van der Waals surface area contributed by atoms with Crippen molar-refractivity contribution in [3.05, 3.63) is 60.2 Å². The van der Waals surface area contributed by atoms with Crippen molar-refractivity contribution in [2.75, 3.05) is 13.1 Å². The van der Waals surface area contributed by atoms with Crippen LogP contribution in [0, 0.1) is 5.92 Å². The molecule has 0 aliphatic carbocycles. The topological polar surface area (TPSA) is 50.4 Å². The quantitative estimate of drug-likeness (QED) is 0.888. The lowest BCUT2D eigenvalue weighted by Crippen LogP contribution is -2.48. The highest BCUT2D eigenvalue weighted by Gasteiger charge is 2.24. The van der Waals surface area contributed by atoms with Gasteiger partial charge in [0.25, 0.3) is 5.91 Å². The fourth-order valence-corrected chi connectivity index (χ4v) is 2.83. The Bertz CT molecular complexity index is 663. The number of piperidine rings is 1. The van der Waals surface area contributed by atoms with E-state index in [-0.39, 0.29) is 24.4 Å². The fourth-order valence-electron chi connectivity index (χ4n) is 2.83. The van der Waals surface area contributed by atoms with Crippen LogP contribution in [0.2, 0.25) is 0 Å². The van der Waals surface area contributed by atoms with Crippen LogP contribution in [-0.2, 0) is 0 Å². The van der Waals surface area contributed by atoms with Crippen molar-refractivity contribution in [3.63, 3.8) is 0 Å². The van der Waals surface area contributed by atoms with Crippen LogP contribution in [0.5, 0.6) is 11.5 Å². The minimum atomic E-state index is -0.0738. The molecule has 0 spiro atoms. The molecule has 2 unspecified atom stereocenters. The maximum Gasteiger partial charge on any atom is 0.255 e. The highest BCUT2D eigenvalue weighted by Crippen LogP contribution is 2.25. The van der Waals surface area contributed by atoms with Crippen LogP contribution in [-0.4, -0.2) is 25.0 Å². The first-order valence-corrected chi connectivity index (χ1v) is 8.07. The minimum absolute atomic E-state index is 0. The monoisotopic (exact) mass is 346 g/mol. The highest BCUT2D eigenvalue weighted by molar-refractivity contribution is 5.97. The highest BCUT2D eigenvalue weighted by atomic mass is 35.5. The van der Waals surface area contributed by atoms with Gasteiger partial charge >= 0.3 is 0 Å². The van der Waals surface area contributed by atoms with Gasteiger partial charge in [-0.3, -0.25) is 4.79 Å². The Hall–Kier alpha value is -2.04. The number of halogens is 1. The van der Waals surface area contributed by atoms with Gasteiger partial charge in [-0.1, -0.05) is 37.3 Å². The van der Waals surface area contributed by atoms with Gasteiger partial charge in [0.15, 0.2) is 0 Å². The lowest BCUT2D eigenvalue weighted by Gasteiger charge is -2.30. The van der Waals surface area contributed by atoms with Crippen LogP contribution in [0.25, 0.3) is 0 Å². The number of rotatable bonds is 4. The number of hydrogen-bond donors (Lipinski definition) is 2. The molecule has 2 N–H and O–H groups in total. The molecule has 1 aliphatic rings. The van der Waals surface area contributed by atoms with E-state index in [9.17, 15) is 4.79 Å². The average Bonchev–Trinajstić information content (AvgIpc) is 2.58. The molecule has 0 radical (unpaired) electrons. The predicted molar refractivity (Wildman–Crippen MR) is 98.1 cm³/mol. The SMILES string of the molecule is CC1CNCCC1NC(=O)c1ccccc1Oc1ccccc1.Cl. The van der Waals surface area contributed by atoms with Gasteiger partial charge in [0.1, 0.15) is 11.5 Å². The van der Waals surface area contributed by atoms with E-state index in [1.807, 2.05) is 48.5 Å². The molecule has 3 rings (SSSR count). The van der Waals surface area contributed by atoms with Crippen molar-refractivity contribution in [3.8, 4) is 11.5 Å². The summed E-state index contributed by atoms with van der Waals surface area (Å²) in [6.45, 7) is 4.04. The summed E-state index contributed by atoms with van der Waals surface area (Å²) in [5.41, 5.74) is 0.571. The lowest BCUT2D eigenvalue weighted by molar-refractivity contribution is 0.0912. The van der Waals surface area contributed by atoms with Gasteiger partial charge in [0, 0.05) is 6.04 Å². The lowest BCUT2D eigenvalue weighted by atomic mass is 9.95. The first kappa shape index (κ1) is 18.3. The Balaban J connectivity index is 0.00000208. The molecule has 4 nitrogen and oxygen atoms in total. The van der Waals surface area contributed by atoms with Crippen molar-refractivity contribution < 1.29 is 9.53 Å². The van der Waals surface area contributed by atoms with Crippen molar-refractivity contribution >= 4 is 18.3 Å². The number of carbonyl (C=O) groups excluding carboxylic acids is 1. The summed E-state index contributed by atoms with van der Waals surface area (Å²) in [4.78, 5) is 12.7. The third-order valence-electron chi connectivity index (χ3n) is 4.20. The summed E-state index contributed by atoms with van der Waals surface area (Å²) in [6, 6.07) is 17.1. The number of ether oxygens (including phenoxy) is 1. The molecular formula is C19H23ClN2O2. The Labute approximate surface area is 149 Å².